The molecule has 0 aliphatic heterocycles. The van der Waals surface area contributed by atoms with E-state index >= 15 is 0 Å². The fourth-order valence-electron chi connectivity index (χ4n) is 2.92. The van der Waals surface area contributed by atoms with Crippen molar-refractivity contribution >= 4 is 23.7 Å². The van der Waals surface area contributed by atoms with Crippen molar-refractivity contribution in [3.63, 3.8) is 0 Å². The molecule has 2 N–H and O–H groups in total. The van der Waals surface area contributed by atoms with E-state index in [4.69, 9.17) is 14.2 Å². The third-order valence-electron chi connectivity index (χ3n) is 4.59. The van der Waals surface area contributed by atoms with Crippen molar-refractivity contribution in [1.29, 1.82) is 0 Å². The van der Waals surface area contributed by atoms with E-state index in [-0.39, 0.29) is 18.4 Å². The molecule has 0 radical (unpaired) electrons. The lowest BCUT2D eigenvalue weighted by Gasteiger charge is -2.13. The summed E-state index contributed by atoms with van der Waals surface area (Å²) in [6.07, 6.45) is 0.763. The molecule has 8 nitrogen and oxygen atoms in total. The standard InChI is InChI=1S/C25H25N3O5/c1-31-21-14-10-20(11-15-21)27-23(29)17-33-22-12-8-18(9-13-22)16-26-28-25(30)24(32-2)19-6-4-3-5-7-19/h3-16,24H,17H2,1-2H3,(H,27,29)(H,28,30)/b26-16-/t24-/m0/s1. The molecule has 0 saturated heterocycles. The summed E-state index contributed by atoms with van der Waals surface area (Å²) in [5, 5.41) is 6.73. The molecule has 3 rings (SSSR count). The second-order valence-corrected chi connectivity index (χ2v) is 6.90. The minimum Gasteiger partial charge on any atom is -0.497 e. The highest BCUT2D eigenvalue weighted by Crippen LogP contribution is 2.17. The zero-order valence-electron chi connectivity index (χ0n) is 18.4. The Morgan fingerprint density at radius 2 is 1.58 bits per heavy atom. The van der Waals surface area contributed by atoms with Gasteiger partial charge < -0.3 is 19.5 Å². The zero-order valence-corrected chi connectivity index (χ0v) is 18.4. The molecule has 3 aromatic rings. The third-order valence-corrected chi connectivity index (χ3v) is 4.59. The Bertz CT molecular complexity index is 1070. The van der Waals surface area contributed by atoms with Crippen LogP contribution < -0.4 is 20.2 Å². The second kappa shape index (κ2) is 12.0. The van der Waals surface area contributed by atoms with Crippen molar-refractivity contribution in [2.45, 2.75) is 6.10 Å². The molecule has 0 spiro atoms. The Hall–Kier alpha value is -4.17. The van der Waals surface area contributed by atoms with Crippen LogP contribution in [0.4, 0.5) is 5.69 Å². The number of carbonyl (C=O) groups is 2. The van der Waals surface area contributed by atoms with E-state index in [1.807, 2.05) is 30.3 Å². The fourth-order valence-corrected chi connectivity index (χ4v) is 2.92. The van der Waals surface area contributed by atoms with Gasteiger partial charge in [0, 0.05) is 12.8 Å². The highest BCUT2D eigenvalue weighted by molar-refractivity contribution is 5.92. The number of rotatable bonds is 10. The molecule has 1 atom stereocenters. The first kappa shape index (κ1) is 23.5. The molecule has 0 unspecified atom stereocenters. The quantitative estimate of drug-likeness (QED) is 0.366. The summed E-state index contributed by atoms with van der Waals surface area (Å²) >= 11 is 0. The van der Waals surface area contributed by atoms with Gasteiger partial charge in [0.05, 0.1) is 13.3 Å². The SMILES string of the molecule is COc1ccc(NC(=O)COc2ccc(/C=N\NC(=O)[C@@H](OC)c3ccccc3)cc2)cc1. The molecule has 2 amide bonds. The smallest absolute Gasteiger partial charge is 0.273 e. The summed E-state index contributed by atoms with van der Waals surface area (Å²) in [4.78, 5) is 24.4. The molecule has 0 heterocycles. The largest absolute Gasteiger partial charge is 0.497 e. The van der Waals surface area contributed by atoms with Gasteiger partial charge in [-0.1, -0.05) is 30.3 Å². The van der Waals surface area contributed by atoms with Gasteiger partial charge in [-0.05, 0) is 59.7 Å². The van der Waals surface area contributed by atoms with Gasteiger partial charge in [-0.2, -0.15) is 5.10 Å². The number of hydrogen-bond donors (Lipinski definition) is 2. The Morgan fingerprint density at radius 3 is 2.21 bits per heavy atom. The molecule has 0 aliphatic carbocycles. The number of ether oxygens (including phenoxy) is 3. The predicted molar refractivity (Wildman–Crippen MR) is 125 cm³/mol. The molecule has 0 aliphatic rings. The normalized spacial score (nSPS) is 11.6. The van der Waals surface area contributed by atoms with Gasteiger partial charge >= 0.3 is 0 Å². The Labute approximate surface area is 192 Å². The molecule has 170 valence electrons. The van der Waals surface area contributed by atoms with E-state index in [1.165, 1.54) is 13.3 Å². The number of nitrogens with one attached hydrogen (secondary N) is 2. The van der Waals surface area contributed by atoms with Crippen LogP contribution in [0.5, 0.6) is 11.5 Å². The molecule has 3 aromatic carbocycles. The summed E-state index contributed by atoms with van der Waals surface area (Å²) in [6, 6.07) is 23.1. The molecular weight excluding hydrogens is 422 g/mol. The van der Waals surface area contributed by atoms with Gasteiger partial charge in [0.25, 0.3) is 11.8 Å². The number of nitrogens with zero attached hydrogens (tertiary/aromatic N) is 1. The second-order valence-electron chi connectivity index (χ2n) is 6.90. The van der Waals surface area contributed by atoms with Gasteiger partial charge in [0.2, 0.25) is 0 Å². The third kappa shape index (κ3) is 7.19. The van der Waals surface area contributed by atoms with Crippen molar-refractivity contribution in [1.82, 2.24) is 5.43 Å². The van der Waals surface area contributed by atoms with Gasteiger partial charge in [0.15, 0.2) is 12.7 Å². The van der Waals surface area contributed by atoms with E-state index in [0.717, 1.165) is 11.1 Å². The number of hydrogen-bond acceptors (Lipinski definition) is 6. The molecule has 0 bridgehead atoms. The van der Waals surface area contributed by atoms with E-state index < -0.39 is 6.10 Å². The number of hydrazone groups is 1. The van der Waals surface area contributed by atoms with Crippen LogP contribution in [-0.4, -0.2) is 38.9 Å². The number of anilines is 1. The van der Waals surface area contributed by atoms with E-state index in [0.29, 0.717) is 17.2 Å². The average molecular weight is 447 g/mol. The topological polar surface area (TPSA) is 98.3 Å². The van der Waals surface area contributed by atoms with Crippen LogP contribution in [-0.2, 0) is 14.3 Å². The average Bonchev–Trinajstić information content (AvgIpc) is 2.85. The Kier molecular flexibility index (Phi) is 8.55. The summed E-state index contributed by atoms with van der Waals surface area (Å²) in [6.45, 7) is -0.132. The molecular formula is C25H25N3O5. The number of methoxy groups -OCH3 is 2. The lowest BCUT2D eigenvalue weighted by molar-refractivity contribution is -0.131. The van der Waals surface area contributed by atoms with E-state index in [9.17, 15) is 9.59 Å². The van der Waals surface area contributed by atoms with Crippen molar-refractivity contribution < 1.29 is 23.8 Å². The van der Waals surface area contributed by atoms with E-state index in [2.05, 4.69) is 15.8 Å². The highest BCUT2D eigenvalue weighted by Gasteiger charge is 2.19. The first-order chi connectivity index (χ1) is 16.1. The number of benzene rings is 3. The zero-order chi connectivity index (χ0) is 23.5. The van der Waals surface area contributed by atoms with Crippen LogP contribution in [0.3, 0.4) is 0 Å². The molecule has 33 heavy (non-hydrogen) atoms. The van der Waals surface area contributed by atoms with Crippen molar-refractivity contribution in [2.75, 3.05) is 26.1 Å². The van der Waals surface area contributed by atoms with Crippen LogP contribution in [0.2, 0.25) is 0 Å². The van der Waals surface area contributed by atoms with Gasteiger partial charge in [-0.3, -0.25) is 9.59 Å². The van der Waals surface area contributed by atoms with Gasteiger partial charge in [0.1, 0.15) is 11.5 Å². The van der Waals surface area contributed by atoms with Gasteiger partial charge in [-0.15, -0.1) is 0 Å². The molecule has 0 fully saturated rings. The first-order valence-electron chi connectivity index (χ1n) is 10.2. The van der Waals surface area contributed by atoms with Crippen molar-refractivity contribution in [2.24, 2.45) is 5.10 Å². The van der Waals surface area contributed by atoms with E-state index in [1.54, 1.807) is 55.6 Å². The first-order valence-corrected chi connectivity index (χ1v) is 10.2. The van der Waals surface area contributed by atoms with Crippen LogP contribution in [0, 0.1) is 0 Å². The van der Waals surface area contributed by atoms with Crippen LogP contribution in [0.25, 0.3) is 0 Å². The Morgan fingerprint density at radius 1 is 0.909 bits per heavy atom. The highest BCUT2D eigenvalue weighted by atomic mass is 16.5. The van der Waals surface area contributed by atoms with Crippen LogP contribution >= 0.6 is 0 Å². The fraction of sp³-hybridized carbons (Fsp3) is 0.160. The molecule has 8 heteroatoms. The van der Waals surface area contributed by atoms with Crippen molar-refractivity contribution in [3.8, 4) is 11.5 Å². The Balaban J connectivity index is 1.45. The van der Waals surface area contributed by atoms with Crippen LogP contribution in [0.15, 0.2) is 84.0 Å². The summed E-state index contributed by atoms with van der Waals surface area (Å²) in [5.41, 5.74) is 4.62. The summed E-state index contributed by atoms with van der Waals surface area (Å²) < 4.78 is 15.9. The minimum atomic E-state index is -0.747. The summed E-state index contributed by atoms with van der Waals surface area (Å²) in [7, 11) is 3.05. The number of amides is 2. The van der Waals surface area contributed by atoms with Crippen molar-refractivity contribution in [3.05, 3.63) is 90.0 Å². The molecule has 0 aromatic heterocycles. The maximum atomic E-state index is 12.3. The maximum absolute atomic E-state index is 12.3. The number of carbonyl (C=O) groups excluding carboxylic acids is 2. The van der Waals surface area contributed by atoms with Gasteiger partial charge in [-0.25, -0.2) is 5.43 Å². The lowest BCUT2D eigenvalue weighted by atomic mass is 10.1. The van der Waals surface area contributed by atoms with Crippen LogP contribution in [0.1, 0.15) is 17.2 Å². The molecule has 0 saturated carbocycles. The monoisotopic (exact) mass is 447 g/mol. The minimum absolute atomic E-state index is 0.132. The predicted octanol–water partition coefficient (Wildman–Crippen LogP) is 3.55. The summed E-state index contributed by atoms with van der Waals surface area (Å²) in [5.74, 6) is 0.592. The maximum Gasteiger partial charge on any atom is 0.273 e. The lowest BCUT2D eigenvalue weighted by Crippen LogP contribution is -2.26.